The van der Waals surface area contributed by atoms with E-state index in [-0.39, 0.29) is 13.1 Å². The molecule has 47 heavy (non-hydrogen) atoms. The Morgan fingerprint density at radius 1 is 0.638 bits per heavy atom. The maximum Gasteiger partial charge on any atom is 0.267 e. The summed E-state index contributed by atoms with van der Waals surface area (Å²) in [6, 6.07) is 34.1. The van der Waals surface area contributed by atoms with E-state index in [0.29, 0.717) is 22.5 Å². The van der Waals surface area contributed by atoms with Crippen LogP contribution in [-0.4, -0.2) is 49.3 Å². The van der Waals surface area contributed by atoms with E-state index >= 15 is 0 Å². The molecule has 0 saturated carbocycles. The summed E-state index contributed by atoms with van der Waals surface area (Å²) in [6.45, 7) is 4.18. The van der Waals surface area contributed by atoms with Crippen molar-refractivity contribution in [2.24, 2.45) is 0 Å². The van der Waals surface area contributed by atoms with Gasteiger partial charge in [-0.2, -0.15) is 0 Å². The van der Waals surface area contributed by atoms with Crippen molar-refractivity contribution in [2.75, 3.05) is 18.0 Å². The molecule has 10 heteroatoms. The Hall–Kier alpha value is -4.61. The molecule has 242 valence electrons. The van der Waals surface area contributed by atoms with E-state index in [9.17, 15) is 25.9 Å². The number of rotatable bonds is 11. The number of benzene rings is 4. The summed E-state index contributed by atoms with van der Waals surface area (Å²) < 4.78 is 76.4. The summed E-state index contributed by atoms with van der Waals surface area (Å²) in [5.74, 6) is 0. The molecule has 0 fully saturated rings. The first-order valence-electron chi connectivity index (χ1n) is 15.2. The van der Waals surface area contributed by atoms with Gasteiger partial charge in [-0.05, 0) is 66.0 Å². The Morgan fingerprint density at radius 3 is 1.60 bits per heavy atom. The number of anilines is 1. The van der Waals surface area contributed by atoms with Crippen molar-refractivity contribution >= 4 is 37.2 Å². The molecule has 5 rings (SSSR count). The quantitative estimate of drug-likeness (QED) is 0.134. The van der Waals surface area contributed by atoms with Gasteiger partial charge in [-0.3, -0.25) is 0 Å². The normalized spacial score (nSPS) is 14.5. The van der Waals surface area contributed by atoms with Crippen LogP contribution in [0.3, 0.4) is 0 Å². The maximum absolute atomic E-state index is 12.5. The monoisotopic (exact) mass is 667 g/mol. The Kier molecular flexibility index (Phi) is 10.4. The van der Waals surface area contributed by atoms with Gasteiger partial charge in [0.15, 0.2) is 10.1 Å². The second kappa shape index (κ2) is 14.4. The molecule has 0 heterocycles. The van der Waals surface area contributed by atoms with Gasteiger partial charge in [0.2, 0.25) is 5.71 Å². The molecule has 0 saturated heterocycles. The summed E-state index contributed by atoms with van der Waals surface area (Å²) in [4.78, 5) is 1.57. The van der Waals surface area contributed by atoms with E-state index in [2.05, 4.69) is 0 Å². The van der Waals surface area contributed by atoms with Gasteiger partial charge in [-0.25, -0.2) is 21.4 Å². The summed E-state index contributed by atoms with van der Waals surface area (Å²) in [7, 11) is -9.45. The minimum atomic E-state index is -4.73. The van der Waals surface area contributed by atoms with Gasteiger partial charge in [-0.1, -0.05) is 103 Å². The van der Waals surface area contributed by atoms with Crippen LogP contribution in [0.4, 0.5) is 5.69 Å². The molecule has 0 aliphatic heterocycles. The van der Waals surface area contributed by atoms with Gasteiger partial charge in [-0.15, -0.1) is 0 Å². The number of hydrogen-bond acceptors (Lipinski definition) is 7. The lowest BCUT2D eigenvalue weighted by Crippen LogP contribution is -2.34. The molecule has 1 aliphatic rings. The fourth-order valence-electron chi connectivity index (χ4n) is 5.95. The molecule has 8 nitrogen and oxygen atoms in total. The van der Waals surface area contributed by atoms with E-state index in [1.165, 1.54) is 0 Å². The van der Waals surface area contributed by atoms with E-state index in [1.54, 1.807) is 108 Å². The molecule has 4 aromatic carbocycles. The molecule has 0 bridgehead atoms. The van der Waals surface area contributed by atoms with Gasteiger partial charge < -0.3 is 14.0 Å². The third-order valence-corrected chi connectivity index (χ3v) is 10.1. The third kappa shape index (κ3) is 7.69. The van der Waals surface area contributed by atoms with Crippen LogP contribution in [0.1, 0.15) is 46.8 Å². The van der Waals surface area contributed by atoms with Crippen molar-refractivity contribution in [3.63, 3.8) is 0 Å². The lowest BCUT2D eigenvalue weighted by atomic mass is 9.90. The van der Waals surface area contributed by atoms with Crippen LogP contribution in [0.25, 0.3) is 5.57 Å². The topological polar surface area (TPSA) is 121 Å². The summed E-state index contributed by atoms with van der Waals surface area (Å²) in [6.07, 6.45) is 7.39. The Bertz CT molecular complexity index is 2020. The zero-order valence-corrected chi connectivity index (χ0v) is 27.6. The predicted octanol–water partition coefficient (Wildman–Crippen LogP) is 6.40. The average Bonchev–Trinajstić information content (AvgIpc) is 3.07. The predicted molar refractivity (Wildman–Crippen MR) is 184 cm³/mol. The van der Waals surface area contributed by atoms with Gasteiger partial charge in [0.25, 0.3) is 5.37 Å². The summed E-state index contributed by atoms with van der Waals surface area (Å²) >= 11 is 0. The Morgan fingerprint density at radius 2 is 1.13 bits per heavy atom. The van der Waals surface area contributed by atoms with E-state index < -0.39 is 31.0 Å². The molecule has 4 aromatic rings. The lowest BCUT2D eigenvalue weighted by Gasteiger charge is -2.34. The molecule has 2 unspecified atom stereocenters. The number of hydrogen-bond donors (Lipinski definition) is 0. The molecule has 0 amide bonds. The highest BCUT2D eigenvalue weighted by Gasteiger charge is 2.31. The van der Waals surface area contributed by atoms with Crippen LogP contribution in [0.2, 0.25) is 0 Å². The van der Waals surface area contributed by atoms with Crippen molar-refractivity contribution in [3.05, 3.63) is 167 Å². The molecule has 0 N–H and O–H groups in total. The van der Waals surface area contributed by atoms with Crippen molar-refractivity contribution in [1.82, 2.24) is 0 Å². The lowest BCUT2D eigenvalue weighted by molar-refractivity contribution is -0.545. The summed E-state index contributed by atoms with van der Waals surface area (Å²) in [5, 5.41) is -2.77. The van der Waals surface area contributed by atoms with E-state index in [4.69, 9.17) is 0 Å². The Balaban J connectivity index is 1.57. The highest BCUT2D eigenvalue weighted by atomic mass is 32.2. The molecule has 2 atom stereocenters. The van der Waals surface area contributed by atoms with Gasteiger partial charge in [0, 0.05) is 29.9 Å². The fourth-order valence-corrected chi connectivity index (χ4v) is 8.10. The van der Waals surface area contributed by atoms with Crippen molar-refractivity contribution < 1.29 is 30.5 Å². The first kappa shape index (κ1) is 33.7. The first-order chi connectivity index (χ1) is 22.5. The second-order valence-corrected chi connectivity index (χ2v) is 13.8. The van der Waals surface area contributed by atoms with E-state index in [0.717, 1.165) is 22.3 Å². The second-order valence-electron chi connectivity index (χ2n) is 10.9. The van der Waals surface area contributed by atoms with Gasteiger partial charge in [0.1, 0.15) is 22.0 Å². The fraction of sp³-hybridized carbons (Fsp3) is 0.162. The van der Waals surface area contributed by atoms with Gasteiger partial charge >= 0.3 is 0 Å². The Labute approximate surface area is 276 Å². The van der Waals surface area contributed by atoms with Crippen LogP contribution in [0.15, 0.2) is 145 Å². The van der Waals surface area contributed by atoms with Crippen LogP contribution in [0.5, 0.6) is 0 Å². The van der Waals surface area contributed by atoms with Crippen LogP contribution >= 0.6 is 0 Å². The molecule has 0 aromatic heterocycles. The maximum atomic E-state index is 12.5. The standard InChI is InChI=1S/C37H36N2O6S2/c1-3-38(36(46(40,41)42)31-16-10-6-11-17-31)33-24-20-29(21-25-33)35(28-14-8-5-9-15-28)30-22-26-34(27-23-30)39(4-2)37(47(43,44)45)32-18-12-7-13-19-32/h5-27,36-37H,3-4H2,1-2H3,(H-,40,41,42,43,44,45)/p-1. The van der Waals surface area contributed by atoms with E-state index in [1.807, 2.05) is 54.6 Å². The van der Waals surface area contributed by atoms with Crippen LogP contribution < -0.4 is 4.90 Å². The minimum absolute atomic E-state index is 0.286. The average molecular weight is 668 g/mol. The van der Waals surface area contributed by atoms with Crippen molar-refractivity contribution in [2.45, 2.75) is 24.6 Å². The number of allylic oxidation sites excluding steroid dienone is 5. The third-order valence-electron chi connectivity index (χ3n) is 8.00. The number of nitrogens with zero attached hydrogens (tertiary/aromatic N) is 2. The van der Waals surface area contributed by atoms with Crippen LogP contribution in [-0.2, 0) is 20.2 Å². The molecule has 1 aliphatic carbocycles. The summed E-state index contributed by atoms with van der Waals surface area (Å²) in [5.41, 5.74) is 5.47. The largest absolute Gasteiger partial charge is 0.746 e. The van der Waals surface area contributed by atoms with Crippen molar-refractivity contribution in [1.29, 1.82) is 0 Å². The van der Waals surface area contributed by atoms with Gasteiger partial charge in [0.05, 0.1) is 0 Å². The molecular formula is C37H35N2O6S2-. The highest BCUT2D eigenvalue weighted by Crippen LogP contribution is 2.35. The van der Waals surface area contributed by atoms with Crippen molar-refractivity contribution in [3.8, 4) is 0 Å². The first-order valence-corrected chi connectivity index (χ1v) is 18.1. The molecular weight excluding hydrogens is 633 g/mol. The molecule has 0 spiro atoms. The minimum Gasteiger partial charge on any atom is -0.746 e. The zero-order chi connectivity index (χ0) is 33.6. The SMILES string of the molecule is CCN(c1ccc(C(=C2C=CC(=[N+](CC)C(c3ccccc3)S(=O)(=O)[O-])C=C2)c2ccccc2)cc1)C(c1ccccc1)S(=O)(=O)[O-]. The molecule has 0 radical (unpaired) electrons. The smallest absolute Gasteiger partial charge is 0.267 e. The zero-order valence-electron chi connectivity index (χ0n) is 26.0. The highest BCUT2D eigenvalue weighted by molar-refractivity contribution is 7.86. The van der Waals surface area contributed by atoms with Crippen LogP contribution in [0, 0.1) is 0 Å².